The summed E-state index contributed by atoms with van der Waals surface area (Å²) in [5, 5.41) is 9.73. The van der Waals surface area contributed by atoms with Crippen LogP contribution in [0.5, 0.6) is 0 Å². The summed E-state index contributed by atoms with van der Waals surface area (Å²) in [5.74, 6) is 0. The second kappa shape index (κ2) is 3.30. The fourth-order valence-corrected chi connectivity index (χ4v) is 1.89. The van der Waals surface area contributed by atoms with Crippen LogP contribution in [0, 0.1) is 0 Å². The Bertz CT molecular complexity index is 333. The van der Waals surface area contributed by atoms with Crippen molar-refractivity contribution in [3.8, 4) is 0 Å². The van der Waals surface area contributed by atoms with Crippen molar-refractivity contribution in [3.05, 3.63) is 35.4 Å². The monoisotopic (exact) mass is 175 g/mol. The Balaban J connectivity index is 2.40. The van der Waals surface area contributed by atoms with Gasteiger partial charge in [0.05, 0.1) is 6.10 Å². The van der Waals surface area contributed by atoms with Crippen LogP contribution in [0.15, 0.2) is 29.3 Å². The molecule has 0 aliphatic heterocycles. The molecule has 0 amide bonds. The van der Waals surface area contributed by atoms with Crippen LogP contribution < -0.4 is 0 Å². The number of fused-ring (bicyclic) bond motifs is 1. The number of benzene rings is 1. The SMILES string of the molecule is CC=N[C@@H]1c2ccccc2C[C@@H]1O. The van der Waals surface area contributed by atoms with Crippen LogP contribution in [0.3, 0.4) is 0 Å². The Morgan fingerprint density at radius 1 is 1.46 bits per heavy atom. The lowest BCUT2D eigenvalue weighted by molar-refractivity contribution is 0.159. The predicted octanol–water partition coefficient (Wildman–Crippen LogP) is 1.74. The van der Waals surface area contributed by atoms with Crippen molar-refractivity contribution in [2.75, 3.05) is 0 Å². The van der Waals surface area contributed by atoms with Crippen LogP contribution >= 0.6 is 0 Å². The Morgan fingerprint density at radius 3 is 3.00 bits per heavy atom. The molecule has 1 aromatic rings. The van der Waals surface area contributed by atoms with E-state index in [0.717, 1.165) is 6.42 Å². The maximum absolute atomic E-state index is 9.73. The zero-order chi connectivity index (χ0) is 9.26. The molecule has 0 saturated heterocycles. The van der Waals surface area contributed by atoms with E-state index < -0.39 is 0 Å². The topological polar surface area (TPSA) is 32.6 Å². The Labute approximate surface area is 77.9 Å². The highest BCUT2D eigenvalue weighted by Gasteiger charge is 2.29. The fraction of sp³-hybridized carbons (Fsp3) is 0.364. The summed E-state index contributed by atoms with van der Waals surface area (Å²) in [6.07, 6.45) is 2.15. The number of nitrogens with zero attached hydrogens (tertiary/aromatic N) is 1. The summed E-state index contributed by atoms with van der Waals surface area (Å²) in [6, 6.07) is 8.06. The van der Waals surface area contributed by atoms with Gasteiger partial charge in [-0.3, -0.25) is 4.99 Å². The minimum absolute atomic E-state index is 0.0406. The normalized spacial score (nSPS) is 26.6. The van der Waals surface area contributed by atoms with Gasteiger partial charge in [0.1, 0.15) is 6.04 Å². The summed E-state index contributed by atoms with van der Waals surface area (Å²) in [7, 11) is 0. The molecule has 0 bridgehead atoms. The summed E-state index contributed by atoms with van der Waals surface area (Å²) in [5.41, 5.74) is 2.40. The van der Waals surface area contributed by atoms with Crippen molar-refractivity contribution in [1.82, 2.24) is 0 Å². The van der Waals surface area contributed by atoms with E-state index >= 15 is 0 Å². The van der Waals surface area contributed by atoms with Crippen LogP contribution in [0.1, 0.15) is 24.1 Å². The van der Waals surface area contributed by atoms with Gasteiger partial charge in [0, 0.05) is 6.42 Å². The van der Waals surface area contributed by atoms with E-state index in [4.69, 9.17) is 0 Å². The van der Waals surface area contributed by atoms with Gasteiger partial charge in [-0.2, -0.15) is 0 Å². The molecule has 1 aliphatic rings. The van der Waals surface area contributed by atoms with Crippen molar-refractivity contribution in [3.63, 3.8) is 0 Å². The number of aliphatic imine (C=N–C) groups is 1. The summed E-state index contributed by atoms with van der Waals surface area (Å²) < 4.78 is 0. The quantitative estimate of drug-likeness (QED) is 0.648. The molecule has 2 rings (SSSR count). The van der Waals surface area contributed by atoms with Gasteiger partial charge in [-0.25, -0.2) is 0 Å². The third-order valence-electron chi connectivity index (χ3n) is 2.48. The average molecular weight is 175 g/mol. The van der Waals surface area contributed by atoms with E-state index in [1.807, 2.05) is 25.1 Å². The number of hydrogen-bond acceptors (Lipinski definition) is 2. The van der Waals surface area contributed by atoms with Crippen molar-refractivity contribution < 1.29 is 5.11 Å². The third kappa shape index (κ3) is 1.38. The molecule has 1 aromatic carbocycles. The van der Waals surface area contributed by atoms with E-state index in [-0.39, 0.29) is 12.1 Å². The Morgan fingerprint density at radius 2 is 2.23 bits per heavy atom. The first-order chi connectivity index (χ1) is 6.33. The highest BCUT2D eigenvalue weighted by molar-refractivity contribution is 5.55. The van der Waals surface area contributed by atoms with E-state index in [1.54, 1.807) is 6.21 Å². The van der Waals surface area contributed by atoms with Crippen LogP contribution in [0.25, 0.3) is 0 Å². The molecule has 13 heavy (non-hydrogen) atoms. The standard InChI is InChI=1S/C11H13NO/c1-2-12-11-9-6-4-3-5-8(9)7-10(11)13/h2-6,10-11,13H,7H2,1H3/t10-,11+/m0/s1. The third-order valence-corrected chi connectivity index (χ3v) is 2.48. The highest BCUT2D eigenvalue weighted by atomic mass is 16.3. The van der Waals surface area contributed by atoms with Gasteiger partial charge in [-0.15, -0.1) is 0 Å². The number of hydrogen-bond donors (Lipinski definition) is 1. The molecule has 2 nitrogen and oxygen atoms in total. The molecule has 68 valence electrons. The van der Waals surface area contributed by atoms with Crippen LogP contribution in [0.2, 0.25) is 0 Å². The number of aliphatic hydroxyl groups excluding tert-OH is 1. The molecule has 1 N–H and O–H groups in total. The molecular formula is C11H13NO. The summed E-state index contributed by atoms with van der Waals surface area (Å²) >= 11 is 0. The summed E-state index contributed by atoms with van der Waals surface area (Å²) in [6.45, 7) is 1.88. The number of rotatable bonds is 1. The molecule has 0 saturated carbocycles. The van der Waals surface area contributed by atoms with E-state index in [0.29, 0.717) is 0 Å². The van der Waals surface area contributed by atoms with Crippen molar-refractivity contribution in [1.29, 1.82) is 0 Å². The molecule has 0 spiro atoms. The molecule has 1 aliphatic carbocycles. The maximum atomic E-state index is 9.73. The van der Waals surface area contributed by atoms with Gasteiger partial charge in [0.2, 0.25) is 0 Å². The van der Waals surface area contributed by atoms with E-state index in [2.05, 4.69) is 11.1 Å². The van der Waals surface area contributed by atoms with E-state index in [9.17, 15) is 5.11 Å². The zero-order valence-electron chi connectivity index (χ0n) is 7.64. The highest BCUT2D eigenvalue weighted by Crippen LogP contribution is 2.33. The first-order valence-electron chi connectivity index (χ1n) is 4.56. The largest absolute Gasteiger partial charge is 0.390 e. The second-order valence-corrected chi connectivity index (χ2v) is 3.32. The number of aliphatic hydroxyl groups is 1. The maximum Gasteiger partial charge on any atom is 0.101 e. The van der Waals surface area contributed by atoms with Crippen molar-refractivity contribution >= 4 is 6.21 Å². The Hall–Kier alpha value is -1.15. The van der Waals surface area contributed by atoms with Gasteiger partial charge in [-0.05, 0) is 24.3 Å². The lowest BCUT2D eigenvalue weighted by Gasteiger charge is -2.09. The lowest BCUT2D eigenvalue weighted by Crippen LogP contribution is -2.10. The van der Waals surface area contributed by atoms with Gasteiger partial charge >= 0.3 is 0 Å². The van der Waals surface area contributed by atoms with Crippen LogP contribution in [0.4, 0.5) is 0 Å². The molecule has 0 radical (unpaired) electrons. The van der Waals surface area contributed by atoms with Crippen LogP contribution in [-0.2, 0) is 6.42 Å². The van der Waals surface area contributed by atoms with Crippen LogP contribution in [-0.4, -0.2) is 17.4 Å². The van der Waals surface area contributed by atoms with Gasteiger partial charge in [-0.1, -0.05) is 24.3 Å². The molecule has 0 heterocycles. The first kappa shape index (κ1) is 8.45. The average Bonchev–Trinajstić information content (AvgIpc) is 2.44. The molecular weight excluding hydrogens is 162 g/mol. The second-order valence-electron chi connectivity index (χ2n) is 3.32. The molecule has 0 fully saturated rings. The molecule has 2 heteroatoms. The van der Waals surface area contributed by atoms with E-state index in [1.165, 1.54) is 11.1 Å². The molecule has 2 atom stereocenters. The minimum atomic E-state index is -0.339. The minimum Gasteiger partial charge on any atom is -0.390 e. The zero-order valence-corrected chi connectivity index (χ0v) is 7.64. The molecule has 0 unspecified atom stereocenters. The lowest BCUT2D eigenvalue weighted by atomic mass is 10.1. The predicted molar refractivity (Wildman–Crippen MR) is 53.1 cm³/mol. The van der Waals surface area contributed by atoms with Gasteiger partial charge < -0.3 is 5.11 Å². The van der Waals surface area contributed by atoms with Crippen molar-refractivity contribution in [2.24, 2.45) is 4.99 Å². The smallest absolute Gasteiger partial charge is 0.101 e. The fourth-order valence-electron chi connectivity index (χ4n) is 1.89. The van der Waals surface area contributed by atoms with Gasteiger partial charge in [0.15, 0.2) is 0 Å². The van der Waals surface area contributed by atoms with Gasteiger partial charge in [0.25, 0.3) is 0 Å². The molecule has 0 aromatic heterocycles. The van der Waals surface area contributed by atoms with Crippen molar-refractivity contribution in [2.45, 2.75) is 25.5 Å². The summed E-state index contributed by atoms with van der Waals surface area (Å²) in [4.78, 5) is 4.27. The Kier molecular flexibility index (Phi) is 2.15. The first-order valence-corrected chi connectivity index (χ1v) is 4.56.